The molecule has 1 N–H and O–H groups in total. The molecule has 0 fully saturated rings. The minimum atomic E-state index is -1.07. The van der Waals surface area contributed by atoms with Gasteiger partial charge in [-0.15, -0.1) is 11.3 Å². The standard InChI is InChI=1S/C16H13N3O4S2/c1-16(2,15(20)21)25-14-12-11(7-24-13(12)17-8-18-14)9-4-3-5-10(6-9)19(22)23/h3-8H,1-2H3,(H,20,21). The number of rotatable bonds is 5. The lowest BCUT2D eigenvalue weighted by atomic mass is 10.1. The highest BCUT2D eigenvalue weighted by atomic mass is 32.2. The van der Waals surface area contributed by atoms with Crippen LogP contribution in [0, 0.1) is 10.1 Å². The zero-order valence-corrected chi connectivity index (χ0v) is 14.9. The van der Waals surface area contributed by atoms with E-state index in [9.17, 15) is 20.0 Å². The van der Waals surface area contributed by atoms with Gasteiger partial charge in [0.25, 0.3) is 5.69 Å². The number of carbonyl (C=O) groups is 1. The molecule has 0 unspecified atom stereocenters. The van der Waals surface area contributed by atoms with Crippen molar-refractivity contribution in [1.82, 2.24) is 9.97 Å². The normalized spacial score (nSPS) is 11.6. The van der Waals surface area contributed by atoms with Crippen molar-refractivity contribution in [3.05, 3.63) is 46.1 Å². The van der Waals surface area contributed by atoms with E-state index >= 15 is 0 Å². The van der Waals surface area contributed by atoms with Gasteiger partial charge in [-0.05, 0) is 19.4 Å². The third-order valence-corrected chi connectivity index (χ3v) is 5.64. The fourth-order valence-corrected chi connectivity index (χ4v) is 4.17. The molecule has 25 heavy (non-hydrogen) atoms. The van der Waals surface area contributed by atoms with Crippen LogP contribution in [0.1, 0.15) is 13.8 Å². The van der Waals surface area contributed by atoms with E-state index in [1.165, 1.54) is 29.8 Å². The van der Waals surface area contributed by atoms with Gasteiger partial charge >= 0.3 is 5.97 Å². The quantitative estimate of drug-likeness (QED) is 0.308. The summed E-state index contributed by atoms with van der Waals surface area (Å²) in [4.78, 5) is 31.2. The maximum atomic E-state index is 11.4. The maximum absolute atomic E-state index is 11.4. The monoisotopic (exact) mass is 375 g/mol. The molecule has 0 spiro atoms. The van der Waals surface area contributed by atoms with Crippen molar-refractivity contribution in [1.29, 1.82) is 0 Å². The number of aliphatic carboxylic acids is 1. The van der Waals surface area contributed by atoms with Crippen molar-refractivity contribution in [2.75, 3.05) is 0 Å². The molecule has 1 aromatic carbocycles. The molecule has 9 heteroatoms. The second kappa shape index (κ2) is 6.41. The van der Waals surface area contributed by atoms with Crippen LogP contribution in [-0.2, 0) is 4.79 Å². The molecule has 3 aromatic rings. The lowest BCUT2D eigenvalue weighted by molar-refractivity contribution is -0.384. The summed E-state index contributed by atoms with van der Waals surface area (Å²) in [5, 5.41) is 23.5. The number of thioether (sulfide) groups is 1. The van der Waals surface area contributed by atoms with Crippen molar-refractivity contribution in [2.24, 2.45) is 0 Å². The minimum Gasteiger partial charge on any atom is -0.480 e. The van der Waals surface area contributed by atoms with E-state index in [-0.39, 0.29) is 5.69 Å². The van der Waals surface area contributed by atoms with E-state index in [4.69, 9.17) is 0 Å². The van der Waals surface area contributed by atoms with Gasteiger partial charge in [0.1, 0.15) is 20.9 Å². The van der Waals surface area contributed by atoms with Gasteiger partial charge < -0.3 is 5.11 Å². The van der Waals surface area contributed by atoms with Gasteiger partial charge in [0.2, 0.25) is 0 Å². The number of carboxylic acid groups (broad SMARTS) is 1. The Kier molecular flexibility index (Phi) is 4.44. The molecule has 0 atom stereocenters. The first-order valence-corrected chi connectivity index (χ1v) is 8.88. The Labute approximate surface area is 150 Å². The molecule has 0 saturated heterocycles. The summed E-state index contributed by atoms with van der Waals surface area (Å²) in [5.74, 6) is -0.948. The van der Waals surface area contributed by atoms with Crippen LogP contribution >= 0.6 is 23.1 Å². The van der Waals surface area contributed by atoms with Gasteiger partial charge in [-0.3, -0.25) is 14.9 Å². The number of hydrogen-bond donors (Lipinski definition) is 1. The molecule has 0 aliphatic carbocycles. The summed E-state index contributed by atoms with van der Waals surface area (Å²) < 4.78 is -1.07. The number of nitro benzene ring substituents is 1. The lowest BCUT2D eigenvalue weighted by Gasteiger charge is -2.18. The number of benzene rings is 1. The van der Waals surface area contributed by atoms with E-state index in [0.717, 1.165) is 17.3 Å². The summed E-state index contributed by atoms with van der Waals surface area (Å²) in [5.41, 5.74) is 1.42. The number of non-ortho nitro benzene ring substituents is 1. The van der Waals surface area contributed by atoms with Gasteiger partial charge in [0, 0.05) is 23.1 Å². The molecule has 0 radical (unpaired) electrons. The smallest absolute Gasteiger partial charge is 0.319 e. The van der Waals surface area contributed by atoms with Gasteiger partial charge in [-0.1, -0.05) is 23.9 Å². The third-order valence-electron chi connectivity index (χ3n) is 3.57. The zero-order valence-electron chi connectivity index (χ0n) is 13.3. The number of nitrogens with zero attached hydrogens (tertiary/aromatic N) is 3. The topological polar surface area (TPSA) is 106 Å². The third kappa shape index (κ3) is 3.33. The van der Waals surface area contributed by atoms with E-state index in [1.54, 1.807) is 26.0 Å². The molecule has 2 heterocycles. The Morgan fingerprint density at radius 2 is 2.12 bits per heavy atom. The highest BCUT2D eigenvalue weighted by Gasteiger charge is 2.30. The van der Waals surface area contributed by atoms with E-state index in [1.807, 2.05) is 5.38 Å². The fourth-order valence-electron chi connectivity index (χ4n) is 2.21. The number of nitro groups is 1. The first-order valence-electron chi connectivity index (χ1n) is 7.19. The zero-order chi connectivity index (χ0) is 18.2. The number of aromatic nitrogens is 2. The van der Waals surface area contributed by atoms with E-state index in [2.05, 4.69) is 9.97 Å². The van der Waals surface area contributed by atoms with Crippen molar-refractivity contribution in [2.45, 2.75) is 23.6 Å². The van der Waals surface area contributed by atoms with Crippen LogP contribution in [0.2, 0.25) is 0 Å². The van der Waals surface area contributed by atoms with Crippen molar-refractivity contribution in [3.63, 3.8) is 0 Å². The average molecular weight is 375 g/mol. The van der Waals surface area contributed by atoms with Crippen LogP contribution in [-0.4, -0.2) is 30.7 Å². The Hall–Kier alpha value is -2.52. The lowest BCUT2D eigenvalue weighted by Crippen LogP contribution is -2.27. The minimum absolute atomic E-state index is 0.00577. The first-order chi connectivity index (χ1) is 11.8. The molecular weight excluding hydrogens is 362 g/mol. The first kappa shape index (κ1) is 17.3. The number of fused-ring (bicyclic) bond motifs is 1. The van der Waals surface area contributed by atoms with E-state index in [0.29, 0.717) is 20.8 Å². The molecule has 7 nitrogen and oxygen atoms in total. The second-order valence-electron chi connectivity index (χ2n) is 5.73. The van der Waals surface area contributed by atoms with Crippen LogP contribution in [0.3, 0.4) is 0 Å². The fraction of sp³-hybridized carbons (Fsp3) is 0.188. The van der Waals surface area contributed by atoms with Crippen LogP contribution < -0.4 is 0 Å². The Morgan fingerprint density at radius 3 is 2.80 bits per heavy atom. The second-order valence-corrected chi connectivity index (χ2v) is 8.20. The van der Waals surface area contributed by atoms with Crippen LogP contribution in [0.25, 0.3) is 21.3 Å². The Morgan fingerprint density at radius 1 is 1.36 bits per heavy atom. The summed E-state index contributed by atoms with van der Waals surface area (Å²) in [7, 11) is 0. The Balaban J connectivity index is 2.16. The number of hydrogen-bond acceptors (Lipinski definition) is 7. The molecule has 0 saturated carbocycles. The average Bonchev–Trinajstić information content (AvgIpc) is 2.99. The van der Waals surface area contributed by atoms with Crippen molar-refractivity contribution in [3.8, 4) is 11.1 Å². The highest BCUT2D eigenvalue weighted by Crippen LogP contribution is 2.42. The largest absolute Gasteiger partial charge is 0.480 e. The Bertz CT molecular complexity index is 984. The summed E-state index contributed by atoms with van der Waals surface area (Å²) in [6, 6.07) is 6.32. The van der Waals surface area contributed by atoms with Gasteiger partial charge in [-0.2, -0.15) is 0 Å². The van der Waals surface area contributed by atoms with Gasteiger partial charge in [-0.25, -0.2) is 9.97 Å². The van der Waals surface area contributed by atoms with Crippen LogP contribution in [0.4, 0.5) is 5.69 Å². The predicted molar refractivity (Wildman–Crippen MR) is 97.1 cm³/mol. The molecule has 0 bridgehead atoms. The number of thiophene rings is 1. The SMILES string of the molecule is CC(C)(Sc1ncnc2scc(-c3cccc([N+](=O)[O-])c3)c12)C(=O)O. The number of carboxylic acids is 1. The summed E-state index contributed by atoms with van der Waals surface area (Å²) in [6.07, 6.45) is 1.40. The van der Waals surface area contributed by atoms with E-state index < -0.39 is 15.6 Å². The summed E-state index contributed by atoms with van der Waals surface area (Å²) >= 11 is 2.52. The molecule has 0 amide bonds. The van der Waals surface area contributed by atoms with Crippen molar-refractivity contribution >= 4 is 45.0 Å². The molecule has 0 aliphatic heterocycles. The molecule has 0 aliphatic rings. The molecule has 128 valence electrons. The van der Waals surface area contributed by atoms with Gasteiger partial charge in [0.15, 0.2) is 0 Å². The van der Waals surface area contributed by atoms with Crippen LogP contribution in [0.5, 0.6) is 0 Å². The summed E-state index contributed by atoms with van der Waals surface area (Å²) in [6.45, 7) is 3.21. The molecule has 2 aromatic heterocycles. The highest BCUT2D eigenvalue weighted by molar-refractivity contribution is 8.01. The molecular formula is C16H13N3O4S2. The maximum Gasteiger partial charge on any atom is 0.319 e. The van der Waals surface area contributed by atoms with Crippen LogP contribution in [0.15, 0.2) is 41.0 Å². The predicted octanol–water partition coefficient (Wildman–Crippen LogP) is 4.22. The van der Waals surface area contributed by atoms with Gasteiger partial charge in [0.05, 0.1) is 10.3 Å². The molecule has 3 rings (SSSR count). The van der Waals surface area contributed by atoms with Crippen molar-refractivity contribution < 1.29 is 14.8 Å².